The molecule has 0 saturated carbocycles. The van der Waals surface area contributed by atoms with E-state index in [1.165, 1.54) is 6.26 Å². The van der Waals surface area contributed by atoms with Gasteiger partial charge in [0, 0.05) is 6.26 Å². The van der Waals surface area contributed by atoms with Gasteiger partial charge in [-0.25, -0.2) is 0 Å². The zero-order valence-electron chi connectivity index (χ0n) is 4.18. The first-order chi connectivity index (χ1) is 3.18. The summed E-state index contributed by atoms with van der Waals surface area (Å²) in [6, 6.07) is 0. The van der Waals surface area contributed by atoms with Crippen molar-refractivity contribution in [2.24, 2.45) is 4.99 Å². The highest BCUT2D eigenvalue weighted by atomic mass is 32.2. The molecule has 7 heavy (non-hydrogen) atoms. The van der Waals surface area contributed by atoms with Crippen molar-refractivity contribution in [2.45, 2.75) is 0 Å². The average molecular weight is 117 g/mol. The van der Waals surface area contributed by atoms with Gasteiger partial charge in [0.05, 0.1) is 10.8 Å². The molecular weight excluding hydrogens is 110 g/mol. The zero-order chi connectivity index (χ0) is 5.86. The number of nitrogens with zero attached hydrogens (tertiary/aromatic N) is 1. The molecule has 0 aliphatic heterocycles. The maximum absolute atomic E-state index is 10.3. The monoisotopic (exact) mass is 117 g/mol. The van der Waals surface area contributed by atoms with Gasteiger partial charge < -0.3 is 0 Å². The number of aliphatic imine (C=N–C) groups is 1. The van der Waals surface area contributed by atoms with E-state index in [2.05, 4.69) is 18.3 Å². The van der Waals surface area contributed by atoms with Crippen molar-refractivity contribution in [3.8, 4) is 0 Å². The Labute approximate surface area is 45.4 Å². The van der Waals surface area contributed by atoms with Crippen LogP contribution in [0.1, 0.15) is 0 Å². The summed E-state index contributed by atoms with van der Waals surface area (Å²) in [5.74, 6) is 0. The Morgan fingerprint density at radius 1 is 1.86 bits per heavy atom. The molecule has 0 aliphatic carbocycles. The van der Waals surface area contributed by atoms with Crippen LogP contribution in [0.25, 0.3) is 0 Å². The molecule has 0 amide bonds. The minimum absolute atomic E-state index is 0.333. The molecule has 1 unspecified atom stereocenters. The van der Waals surface area contributed by atoms with Gasteiger partial charge in [0.15, 0.2) is 0 Å². The van der Waals surface area contributed by atoms with E-state index in [0.29, 0.717) is 5.03 Å². The van der Waals surface area contributed by atoms with E-state index in [-0.39, 0.29) is 0 Å². The van der Waals surface area contributed by atoms with E-state index in [0.717, 1.165) is 0 Å². The molecule has 0 spiro atoms. The van der Waals surface area contributed by atoms with Gasteiger partial charge >= 0.3 is 0 Å². The normalized spacial score (nSPS) is 12.7. The second kappa shape index (κ2) is 2.69. The fourth-order valence-electron chi connectivity index (χ4n) is 0.0909. The average Bonchev–Trinajstić information content (AvgIpc) is 1.65. The summed E-state index contributed by atoms with van der Waals surface area (Å²) >= 11 is 0. The van der Waals surface area contributed by atoms with Crippen LogP contribution < -0.4 is 0 Å². The lowest BCUT2D eigenvalue weighted by Crippen LogP contribution is -1.83. The van der Waals surface area contributed by atoms with Crippen molar-refractivity contribution >= 4 is 17.5 Å². The van der Waals surface area contributed by atoms with Crippen LogP contribution in [0.2, 0.25) is 0 Å². The van der Waals surface area contributed by atoms with Crippen molar-refractivity contribution in [3.63, 3.8) is 0 Å². The second-order valence-corrected chi connectivity index (χ2v) is 2.39. The van der Waals surface area contributed by atoms with Crippen LogP contribution in [0.5, 0.6) is 0 Å². The van der Waals surface area contributed by atoms with Gasteiger partial charge in [-0.1, -0.05) is 6.58 Å². The summed E-state index contributed by atoms with van der Waals surface area (Å²) in [6.07, 6.45) is 1.51. The molecule has 0 saturated heterocycles. The lowest BCUT2D eigenvalue weighted by Gasteiger charge is -1.85. The lowest BCUT2D eigenvalue weighted by molar-refractivity contribution is 0.690. The highest BCUT2D eigenvalue weighted by Crippen LogP contribution is 1.92. The van der Waals surface area contributed by atoms with Gasteiger partial charge in [-0.15, -0.1) is 0 Å². The SMILES string of the molecule is C=NC(=C)S(C)=O. The van der Waals surface area contributed by atoms with E-state index in [9.17, 15) is 4.21 Å². The minimum atomic E-state index is -1.03. The molecule has 40 valence electrons. The number of rotatable bonds is 2. The first kappa shape index (κ1) is 6.56. The summed E-state index contributed by atoms with van der Waals surface area (Å²) < 4.78 is 10.3. The molecule has 2 nitrogen and oxygen atoms in total. The molecule has 3 heteroatoms. The van der Waals surface area contributed by atoms with Gasteiger partial charge in [-0.05, 0) is 6.72 Å². The van der Waals surface area contributed by atoms with Crippen LogP contribution in [-0.4, -0.2) is 17.2 Å². The number of hydrogen-bond acceptors (Lipinski definition) is 2. The van der Waals surface area contributed by atoms with Crippen LogP contribution >= 0.6 is 0 Å². The summed E-state index contributed by atoms with van der Waals surface area (Å²) in [5, 5.41) is 0.333. The molecule has 1 atom stereocenters. The summed E-state index contributed by atoms with van der Waals surface area (Å²) in [6.45, 7) is 6.48. The van der Waals surface area contributed by atoms with Crippen molar-refractivity contribution in [1.82, 2.24) is 0 Å². The Balaban J connectivity index is 3.81. The third-order valence-electron chi connectivity index (χ3n) is 0.508. The maximum atomic E-state index is 10.3. The van der Waals surface area contributed by atoms with E-state index in [1.54, 1.807) is 0 Å². The summed E-state index contributed by atoms with van der Waals surface area (Å²) in [5.41, 5.74) is 0. The van der Waals surface area contributed by atoms with Gasteiger partial charge in [0.2, 0.25) is 0 Å². The molecule has 0 heterocycles. The fraction of sp³-hybridized carbons (Fsp3) is 0.250. The predicted molar refractivity (Wildman–Crippen MR) is 32.8 cm³/mol. The largest absolute Gasteiger partial charge is 0.256 e. The van der Waals surface area contributed by atoms with Gasteiger partial charge in [0.1, 0.15) is 5.03 Å². The Morgan fingerprint density at radius 2 is 2.29 bits per heavy atom. The Morgan fingerprint density at radius 3 is 2.29 bits per heavy atom. The minimum Gasteiger partial charge on any atom is -0.256 e. The predicted octanol–water partition coefficient (Wildman–Crippen LogP) is 0.537. The van der Waals surface area contributed by atoms with Crippen LogP contribution in [0.3, 0.4) is 0 Å². The molecule has 0 aromatic heterocycles. The van der Waals surface area contributed by atoms with Crippen molar-refractivity contribution in [2.75, 3.05) is 6.26 Å². The van der Waals surface area contributed by atoms with Gasteiger partial charge in [-0.2, -0.15) is 0 Å². The molecule has 0 aromatic rings. The highest BCUT2D eigenvalue weighted by Gasteiger charge is 1.88. The molecular formula is C4H7NOS. The second-order valence-electron chi connectivity index (χ2n) is 1.01. The molecule has 0 aromatic carbocycles. The van der Waals surface area contributed by atoms with Crippen LogP contribution in [0.4, 0.5) is 0 Å². The topological polar surface area (TPSA) is 29.4 Å². The van der Waals surface area contributed by atoms with E-state index in [1.807, 2.05) is 0 Å². The summed E-state index contributed by atoms with van der Waals surface area (Å²) in [7, 11) is -1.03. The molecule has 0 N–H and O–H groups in total. The van der Waals surface area contributed by atoms with Crippen molar-refractivity contribution < 1.29 is 4.21 Å². The van der Waals surface area contributed by atoms with E-state index >= 15 is 0 Å². The zero-order valence-corrected chi connectivity index (χ0v) is 4.99. The fourth-order valence-corrected chi connectivity index (χ4v) is 0.273. The first-order valence-electron chi connectivity index (χ1n) is 1.67. The third-order valence-corrected chi connectivity index (χ3v) is 1.30. The Bertz CT molecular complexity index is 119. The highest BCUT2D eigenvalue weighted by molar-refractivity contribution is 7.88. The molecule has 0 aliphatic rings. The molecule has 0 rings (SSSR count). The van der Waals surface area contributed by atoms with E-state index < -0.39 is 10.8 Å². The quantitative estimate of drug-likeness (QED) is 0.485. The first-order valence-corrected chi connectivity index (χ1v) is 3.23. The van der Waals surface area contributed by atoms with Crippen LogP contribution in [0, 0.1) is 0 Å². The van der Waals surface area contributed by atoms with Gasteiger partial charge in [0.25, 0.3) is 0 Å². The van der Waals surface area contributed by atoms with Crippen LogP contribution in [0.15, 0.2) is 16.6 Å². The molecule has 0 bridgehead atoms. The lowest BCUT2D eigenvalue weighted by atomic mass is 11.0. The van der Waals surface area contributed by atoms with E-state index in [4.69, 9.17) is 0 Å². The number of hydrogen-bond donors (Lipinski definition) is 0. The Kier molecular flexibility index (Phi) is 2.52. The summed E-state index contributed by atoms with van der Waals surface area (Å²) in [4.78, 5) is 3.34. The molecule has 0 fully saturated rings. The maximum Gasteiger partial charge on any atom is 0.119 e. The molecule has 0 radical (unpaired) electrons. The third kappa shape index (κ3) is 2.28. The Hall–Kier alpha value is -0.440. The van der Waals surface area contributed by atoms with Gasteiger partial charge in [-0.3, -0.25) is 9.20 Å². The van der Waals surface area contributed by atoms with Crippen LogP contribution in [-0.2, 0) is 10.8 Å². The smallest absolute Gasteiger partial charge is 0.119 e. The van der Waals surface area contributed by atoms with Crippen molar-refractivity contribution in [3.05, 3.63) is 11.6 Å². The standard InChI is InChI=1S/C4H7NOS/c1-4(5-2)7(3)6/h1-2H2,3H3. The van der Waals surface area contributed by atoms with Crippen molar-refractivity contribution in [1.29, 1.82) is 0 Å².